The van der Waals surface area contributed by atoms with E-state index in [9.17, 15) is 4.79 Å². The van der Waals surface area contributed by atoms with Crippen molar-refractivity contribution in [2.75, 3.05) is 7.11 Å². The number of fused-ring (bicyclic) bond motifs is 1. The third-order valence-electron chi connectivity index (χ3n) is 7.15. The molecule has 33 heavy (non-hydrogen) atoms. The van der Waals surface area contributed by atoms with E-state index in [1.165, 1.54) is 35.1 Å². The Morgan fingerprint density at radius 3 is 2.39 bits per heavy atom. The smallest absolute Gasteiger partial charge is 0.287 e. The monoisotopic (exact) mass is 445 g/mol. The first-order valence-corrected chi connectivity index (χ1v) is 11.7. The van der Waals surface area contributed by atoms with E-state index in [1.807, 2.05) is 30.3 Å². The summed E-state index contributed by atoms with van der Waals surface area (Å²) in [6, 6.07) is 16.1. The van der Waals surface area contributed by atoms with Gasteiger partial charge in [0.1, 0.15) is 11.5 Å². The van der Waals surface area contributed by atoms with Gasteiger partial charge >= 0.3 is 0 Å². The number of carbonyl (C=O) groups excluding carboxylic acids is 1. The summed E-state index contributed by atoms with van der Waals surface area (Å²) < 4.78 is 11.2. The predicted molar refractivity (Wildman–Crippen MR) is 132 cm³/mol. The lowest BCUT2D eigenvalue weighted by molar-refractivity contribution is 0.0921. The molecule has 0 atom stereocenters. The SMILES string of the molecule is COc1cccc(CNC(=O)c2ccc(Cc3cc4c(cc3C)C(C)(C)CCC4(C)C)o2)c1. The second-order valence-corrected chi connectivity index (χ2v) is 10.6. The van der Waals surface area contributed by atoms with Crippen LogP contribution in [-0.2, 0) is 23.8 Å². The topological polar surface area (TPSA) is 51.5 Å². The number of hydrogen-bond acceptors (Lipinski definition) is 3. The van der Waals surface area contributed by atoms with Crippen LogP contribution in [0, 0.1) is 6.92 Å². The summed E-state index contributed by atoms with van der Waals surface area (Å²) in [5.41, 5.74) is 6.80. The molecule has 4 nitrogen and oxygen atoms in total. The molecule has 4 rings (SSSR count). The van der Waals surface area contributed by atoms with Gasteiger partial charge in [-0.05, 0) is 82.7 Å². The summed E-state index contributed by atoms with van der Waals surface area (Å²) in [6.45, 7) is 12.0. The van der Waals surface area contributed by atoms with Crippen molar-refractivity contribution >= 4 is 5.91 Å². The molecule has 2 aromatic carbocycles. The number of benzene rings is 2. The molecule has 3 aromatic rings. The first kappa shape index (κ1) is 23.2. The van der Waals surface area contributed by atoms with Crippen LogP contribution in [0.3, 0.4) is 0 Å². The molecule has 0 saturated heterocycles. The normalized spacial score (nSPS) is 16.2. The van der Waals surface area contributed by atoms with Gasteiger partial charge in [0.25, 0.3) is 5.91 Å². The van der Waals surface area contributed by atoms with Crippen molar-refractivity contribution in [3.05, 3.63) is 87.9 Å². The molecular formula is C29H35NO3. The Labute approximate surface area is 197 Å². The average molecular weight is 446 g/mol. The van der Waals surface area contributed by atoms with Crippen LogP contribution >= 0.6 is 0 Å². The van der Waals surface area contributed by atoms with Gasteiger partial charge in [0.05, 0.1) is 7.11 Å². The molecule has 0 unspecified atom stereocenters. The van der Waals surface area contributed by atoms with Crippen LogP contribution in [-0.4, -0.2) is 13.0 Å². The number of carbonyl (C=O) groups is 1. The van der Waals surface area contributed by atoms with Crippen LogP contribution in [0.15, 0.2) is 52.9 Å². The van der Waals surface area contributed by atoms with Crippen molar-refractivity contribution in [3.63, 3.8) is 0 Å². The van der Waals surface area contributed by atoms with Crippen LogP contribution in [0.5, 0.6) is 5.75 Å². The highest BCUT2D eigenvalue weighted by atomic mass is 16.5. The lowest BCUT2D eigenvalue weighted by Crippen LogP contribution is -2.34. The maximum atomic E-state index is 12.6. The number of hydrogen-bond donors (Lipinski definition) is 1. The summed E-state index contributed by atoms with van der Waals surface area (Å²) in [6.07, 6.45) is 3.07. The highest BCUT2D eigenvalue weighted by molar-refractivity contribution is 5.91. The van der Waals surface area contributed by atoms with Crippen molar-refractivity contribution in [3.8, 4) is 5.75 Å². The Balaban J connectivity index is 1.49. The molecule has 0 radical (unpaired) electrons. The summed E-state index contributed by atoms with van der Waals surface area (Å²) in [7, 11) is 1.63. The minimum absolute atomic E-state index is 0.168. The van der Waals surface area contributed by atoms with Crippen molar-refractivity contribution < 1.29 is 13.9 Å². The van der Waals surface area contributed by atoms with Crippen LogP contribution < -0.4 is 10.1 Å². The molecule has 1 aliphatic rings. The zero-order valence-corrected chi connectivity index (χ0v) is 20.7. The quantitative estimate of drug-likeness (QED) is 0.473. The van der Waals surface area contributed by atoms with Gasteiger partial charge in [0, 0.05) is 13.0 Å². The number of ether oxygens (including phenoxy) is 1. The second kappa shape index (κ2) is 8.74. The van der Waals surface area contributed by atoms with Gasteiger partial charge in [-0.3, -0.25) is 4.79 Å². The standard InChI is InChI=1S/C29H35NO3/c1-19-14-24-25(29(4,5)13-12-28(24,2)3)17-21(19)16-23-10-11-26(33-23)27(31)30-18-20-8-7-9-22(15-20)32-6/h7-11,14-15,17H,12-13,16,18H2,1-6H3,(H,30,31). The molecule has 0 aliphatic heterocycles. The first-order valence-electron chi connectivity index (χ1n) is 11.7. The van der Waals surface area contributed by atoms with Gasteiger partial charge in [-0.1, -0.05) is 52.0 Å². The van der Waals surface area contributed by atoms with Crippen LogP contribution in [0.25, 0.3) is 0 Å². The number of methoxy groups -OCH3 is 1. The average Bonchev–Trinajstić information content (AvgIpc) is 3.25. The summed E-state index contributed by atoms with van der Waals surface area (Å²) in [5.74, 6) is 1.70. The molecule has 1 aliphatic carbocycles. The number of amides is 1. The van der Waals surface area contributed by atoms with Gasteiger partial charge in [0.15, 0.2) is 5.76 Å². The zero-order chi connectivity index (χ0) is 23.8. The number of rotatable bonds is 6. The Kier molecular flexibility index (Phi) is 6.13. The molecule has 4 heteroatoms. The molecule has 0 fully saturated rings. The van der Waals surface area contributed by atoms with Gasteiger partial charge in [0.2, 0.25) is 0 Å². The third kappa shape index (κ3) is 4.85. The molecule has 1 N–H and O–H groups in total. The number of nitrogens with one attached hydrogen (secondary N) is 1. The molecule has 0 bridgehead atoms. The van der Waals surface area contributed by atoms with Crippen molar-refractivity contribution in [2.45, 2.75) is 71.3 Å². The molecule has 174 valence electrons. The van der Waals surface area contributed by atoms with Crippen molar-refractivity contribution in [1.29, 1.82) is 0 Å². The highest BCUT2D eigenvalue weighted by Crippen LogP contribution is 2.46. The Morgan fingerprint density at radius 2 is 1.70 bits per heavy atom. The zero-order valence-electron chi connectivity index (χ0n) is 20.7. The lowest BCUT2D eigenvalue weighted by Gasteiger charge is -2.42. The van der Waals surface area contributed by atoms with Gasteiger partial charge in [-0.2, -0.15) is 0 Å². The van der Waals surface area contributed by atoms with E-state index < -0.39 is 0 Å². The van der Waals surface area contributed by atoms with Gasteiger partial charge < -0.3 is 14.5 Å². The molecule has 1 amide bonds. The highest BCUT2D eigenvalue weighted by Gasteiger charge is 2.37. The maximum Gasteiger partial charge on any atom is 0.287 e. The minimum atomic E-state index is -0.214. The Morgan fingerprint density at radius 1 is 1.00 bits per heavy atom. The van der Waals surface area contributed by atoms with Crippen LogP contribution in [0.2, 0.25) is 0 Å². The second-order valence-electron chi connectivity index (χ2n) is 10.6. The van der Waals surface area contributed by atoms with Crippen LogP contribution in [0.1, 0.15) is 84.7 Å². The lowest BCUT2D eigenvalue weighted by atomic mass is 9.62. The van der Waals surface area contributed by atoms with Crippen molar-refractivity contribution in [2.24, 2.45) is 0 Å². The first-order chi connectivity index (χ1) is 15.6. The van der Waals surface area contributed by atoms with E-state index in [-0.39, 0.29) is 16.7 Å². The summed E-state index contributed by atoms with van der Waals surface area (Å²) in [4.78, 5) is 12.6. The van der Waals surface area contributed by atoms with Gasteiger partial charge in [-0.15, -0.1) is 0 Å². The molecule has 0 saturated carbocycles. The van der Waals surface area contributed by atoms with E-state index in [2.05, 4.69) is 52.1 Å². The fraction of sp³-hybridized carbons (Fsp3) is 0.414. The van der Waals surface area contributed by atoms with E-state index >= 15 is 0 Å². The number of aryl methyl sites for hydroxylation is 1. The minimum Gasteiger partial charge on any atom is -0.497 e. The fourth-order valence-corrected chi connectivity index (χ4v) is 4.79. The van der Waals surface area contributed by atoms with Crippen molar-refractivity contribution in [1.82, 2.24) is 5.32 Å². The van der Waals surface area contributed by atoms with Gasteiger partial charge in [-0.25, -0.2) is 0 Å². The molecule has 1 aromatic heterocycles. The Bertz CT molecular complexity index is 1170. The molecule has 1 heterocycles. The van der Waals surface area contributed by atoms with E-state index in [1.54, 1.807) is 13.2 Å². The largest absolute Gasteiger partial charge is 0.497 e. The molecular weight excluding hydrogens is 410 g/mol. The predicted octanol–water partition coefficient (Wildman–Crippen LogP) is 6.47. The summed E-state index contributed by atoms with van der Waals surface area (Å²) in [5, 5.41) is 2.93. The maximum absolute atomic E-state index is 12.6. The van der Waals surface area contributed by atoms with E-state index in [4.69, 9.17) is 9.15 Å². The fourth-order valence-electron chi connectivity index (χ4n) is 4.79. The van der Waals surface area contributed by atoms with E-state index in [0.29, 0.717) is 18.7 Å². The summed E-state index contributed by atoms with van der Waals surface area (Å²) >= 11 is 0. The third-order valence-corrected chi connectivity index (χ3v) is 7.15. The Hall–Kier alpha value is -3.01. The van der Waals surface area contributed by atoms with E-state index in [0.717, 1.165) is 17.1 Å². The number of furan rings is 1. The van der Waals surface area contributed by atoms with Crippen LogP contribution in [0.4, 0.5) is 0 Å². The molecule has 0 spiro atoms.